The Balaban J connectivity index is 1.34. The highest BCUT2D eigenvalue weighted by atomic mass is 79.9. The highest BCUT2D eigenvalue weighted by molar-refractivity contribution is 9.10. The van der Waals surface area contributed by atoms with Crippen molar-refractivity contribution in [3.8, 4) is 23.0 Å². The molecule has 9 nitrogen and oxygen atoms in total. The smallest absolute Gasteiger partial charge is 0.231 e. The number of hydrogen-bond acceptors (Lipinski definition) is 8. The van der Waals surface area contributed by atoms with Gasteiger partial charge in [0.1, 0.15) is 0 Å². The third-order valence-corrected chi connectivity index (χ3v) is 8.88. The zero-order valence-electron chi connectivity index (χ0n) is 22.1. The van der Waals surface area contributed by atoms with Crippen LogP contribution < -0.4 is 20.5 Å². The van der Waals surface area contributed by atoms with Crippen LogP contribution in [0.4, 0.5) is 5.82 Å². The molecule has 1 atom stereocenters. The van der Waals surface area contributed by atoms with Crippen LogP contribution >= 0.6 is 27.7 Å². The maximum absolute atomic E-state index is 12.9. The van der Waals surface area contributed by atoms with Crippen molar-refractivity contribution in [3.63, 3.8) is 0 Å². The van der Waals surface area contributed by atoms with E-state index in [-0.39, 0.29) is 24.2 Å². The molecule has 3 N–H and O–H groups in total. The lowest BCUT2D eigenvalue weighted by Crippen LogP contribution is -2.43. The Morgan fingerprint density at radius 1 is 1.21 bits per heavy atom. The number of anilines is 1. The Morgan fingerprint density at radius 2 is 1.95 bits per heavy atom. The molecule has 1 aromatic carbocycles. The van der Waals surface area contributed by atoms with Gasteiger partial charge in [0, 0.05) is 28.4 Å². The van der Waals surface area contributed by atoms with Gasteiger partial charge in [-0.25, -0.2) is 15.0 Å². The molecule has 1 saturated carbocycles. The SMILES string of the molecule is CC(C)(C)CC(=O)NC(CCn1cnc(N)c2nc(Sc3cc4c(cc3Br)OCO4)nc1-2)C1CCCCC1. The molecule has 0 bridgehead atoms. The molecular weight excluding hydrogens is 568 g/mol. The van der Waals surface area contributed by atoms with Crippen molar-refractivity contribution in [1.29, 1.82) is 0 Å². The average Bonchev–Trinajstić information content (AvgIpc) is 3.50. The first kappa shape index (κ1) is 27.1. The number of aryl methyl sites for hydroxylation is 1. The lowest BCUT2D eigenvalue weighted by Gasteiger charge is -2.32. The van der Waals surface area contributed by atoms with Crippen LogP contribution in [0.2, 0.25) is 0 Å². The van der Waals surface area contributed by atoms with E-state index in [1.165, 1.54) is 31.0 Å². The number of imidazole rings is 1. The Hall–Kier alpha value is -2.53. The van der Waals surface area contributed by atoms with Gasteiger partial charge < -0.3 is 25.1 Å². The summed E-state index contributed by atoms with van der Waals surface area (Å²) >= 11 is 5.03. The van der Waals surface area contributed by atoms with Crippen LogP contribution in [0.1, 0.15) is 65.7 Å². The van der Waals surface area contributed by atoms with Crippen LogP contribution in [0.3, 0.4) is 0 Å². The number of nitrogens with one attached hydrogen (secondary N) is 1. The van der Waals surface area contributed by atoms with Crippen molar-refractivity contribution in [2.45, 2.75) is 88.4 Å². The molecular formula is C27H35BrN6O3S. The van der Waals surface area contributed by atoms with E-state index in [2.05, 4.69) is 52.0 Å². The fraction of sp³-hybridized carbons (Fsp3) is 0.556. The van der Waals surface area contributed by atoms with Gasteiger partial charge in [-0.1, -0.05) is 40.0 Å². The second-order valence-corrected chi connectivity index (χ2v) is 13.2. The first-order valence-electron chi connectivity index (χ1n) is 13.2. The van der Waals surface area contributed by atoms with Gasteiger partial charge in [-0.3, -0.25) is 4.79 Å². The maximum Gasteiger partial charge on any atom is 0.231 e. The number of carbonyl (C=O) groups is 1. The van der Waals surface area contributed by atoms with Crippen LogP contribution in [-0.4, -0.2) is 38.3 Å². The number of halogens is 1. The van der Waals surface area contributed by atoms with E-state index >= 15 is 0 Å². The molecule has 3 aliphatic heterocycles. The van der Waals surface area contributed by atoms with E-state index < -0.39 is 0 Å². The van der Waals surface area contributed by atoms with Gasteiger partial charge >= 0.3 is 0 Å². The third-order valence-electron chi connectivity index (χ3n) is 7.04. The number of amides is 1. The largest absolute Gasteiger partial charge is 0.454 e. The number of ether oxygens (including phenoxy) is 2. The molecule has 4 aliphatic rings. The molecule has 5 rings (SSSR count). The molecule has 0 aromatic heterocycles. The van der Waals surface area contributed by atoms with Gasteiger partial charge in [0.2, 0.25) is 12.7 Å². The summed E-state index contributed by atoms with van der Waals surface area (Å²) in [7, 11) is 0. The van der Waals surface area contributed by atoms with Gasteiger partial charge in [0.15, 0.2) is 34.0 Å². The van der Waals surface area contributed by atoms with Crippen molar-refractivity contribution >= 4 is 39.4 Å². The zero-order valence-corrected chi connectivity index (χ0v) is 24.5. The highest BCUT2D eigenvalue weighted by Gasteiger charge is 2.28. The number of nitrogens with zero attached hydrogens (tertiary/aromatic N) is 4. The summed E-state index contributed by atoms with van der Waals surface area (Å²) in [6.45, 7) is 7.17. The molecule has 204 valence electrons. The number of benzene rings is 1. The standard InChI is InChI=1S/C27H35BrN6O3S/c1-27(2,3)13-22(35)31-18(16-7-5-4-6-8-16)9-10-34-14-30-24(29)23-25(34)33-26(32-23)38-21-12-20-19(11-17(21)28)36-15-37-20/h11-12,14,16,18H,4-10,13,15,29H2,1-3H3,(H,31,35). The van der Waals surface area contributed by atoms with Gasteiger partial charge in [0.25, 0.3) is 0 Å². The molecule has 11 heteroatoms. The normalized spacial score (nSPS) is 16.6. The first-order valence-corrected chi connectivity index (χ1v) is 14.8. The molecule has 0 saturated heterocycles. The predicted octanol–water partition coefficient (Wildman–Crippen LogP) is 5.89. The summed E-state index contributed by atoms with van der Waals surface area (Å²) in [5.41, 5.74) is 6.73. The number of aromatic nitrogens is 4. The van der Waals surface area contributed by atoms with Gasteiger partial charge in [-0.2, -0.15) is 0 Å². The Morgan fingerprint density at radius 3 is 2.68 bits per heavy atom. The first-order chi connectivity index (χ1) is 18.2. The molecule has 1 unspecified atom stereocenters. The summed E-state index contributed by atoms with van der Waals surface area (Å²) in [6, 6.07) is 3.93. The lowest BCUT2D eigenvalue weighted by molar-refractivity contribution is -0.124. The molecule has 38 heavy (non-hydrogen) atoms. The number of fused-ring (bicyclic) bond motifs is 2. The van der Waals surface area contributed by atoms with Gasteiger partial charge in [-0.05, 0) is 70.4 Å². The minimum absolute atomic E-state index is 0.0467. The topological polar surface area (TPSA) is 117 Å². The zero-order chi connectivity index (χ0) is 26.9. The summed E-state index contributed by atoms with van der Waals surface area (Å²) in [5.74, 6) is 3.07. The van der Waals surface area contributed by atoms with Crippen LogP contribution in [0, 0.1) is 11.3 Å². The van der Waals surface area contributed by atoms with Gasteiger partial charge in [-0.15, -0.1) is 0 Å². The van der Waals surface area contributed by atoms with E-state index in [1.807, 2.05) is 16.7 Å². The quantitative estimate of drug-likeness (QED) is 0.327. The number of rotatable bonds is 8. The molecule has 1 amide bonds. The molecule has 0 radical (unpaired) electrons. The summed E-state index contributed by atoms with van der Waals surface area (Å²) in [4.78, 5) is 27.7. The van der Waals surface area contributed by atoms with Crippen LogP contribution in [0.5, 0.6) is 11.5 Å². The van der Waals surface area contributed by atoms with Crippen LogP contribution in [0.25, 0.3) is 11.5 Å². The number of carbonyl (C=O) groups excluding carboxylic acids is 1. The Bertz CT molecular complexity index is 1270. The molecule has 1 aromatic rings. The minimum atomic E-state index is -0.0467. The third kappa shape index (κ3) is 6.36. The molecule has 1 aliphatic carbocycles. The monoisotopic (exact) mass is 602 g/mol. The average molecular weight is 604 g/mol. The number of nitrogen functional groups attached to an aromatic ring is 1. The van der Waals surface area contributed by atoms with E-state index in [4.69, 9.17) is 20.2 Å². The fourth-order valence-electron chi connectivity index (χ4n) is 5.20. The van der Waals surface area contributed by atoms with Crippen molar-refractivity contribution in [1.82, 2.24) is 24.8 Å². The van der Waals surface area contributed by atoms with Crippen LogP contribution in [-0.2, 0) is 11.3 Å². The number of nitrogens with two attached hydrogens (primary N) is 1. The second-order valence-electron chi connectivity index (χ2n) is 11.3. The second kappa shape index (κ2) is 11.3. The molecule has 0 spiro atoms. The van der Waals surface area contributed by atoms with E-state index in [1.54, 1.807) is 6.33 Å². The summed E-state index contributed by atoms with van der Waals surface area (Å²) in [5, 5.41) is 3.95. The summed E-state index contributed by atoms with van der Waals surface area (Å²) < 4.78 is 13.9. The molecule has 3 heterocycles. The Labute approximate surface area is 236 Å². The van der Waals surface area contributed by atoms with Crippen molar-refractivity contribution in [2.24, 2.45) is 11.3 Å². The van der Waals surface area contributed by atoms with Crippen molar-refractivity contribution in [2.75, 3.05) is 12.5 Å². The fourth-order valence-corrected chi connectivity index (χ4v) is 6.55. The lowest BCUT2D eigenvalue weighted by atomic mass is 9.82. The minimum Gasteiger partial charge on any atom is -0.454 e. The maximum atomic E-state index is 12.9. The Kier molecular flexibility index (Phi) is 8.04. The highest BCUT2D eigenvalue weighted by Crippen LogP contribution is 2.43. The van der Waals surface area contributed by atoms with E-state index in [9.17, 15) is 4.79 Å². The number of hydrogen-bond donors (Lipinski definition) is 2. The molecule has 1 fully saturated rings. The van der Waals surface area contributed by atoms with Gasteiger partial charge in [0.05, 0.1) is 6.33 Å². The van der Waals surface area contributed by atoms with Crippen molar-refractivity contribution in [3.05, 3.63) is 22.9 Å². The summed E-state index contributed by atoms with van der Waals surface area (Å²) in [6.07, 6.45) is 9.08. The van der Waals surface area contributed by atoms with E-state index in [0.29, 0.717) is 52.9 Å². The van der Waals surface area contributed by atoms with Crippen LogP contribution in [0.15, 0.2) is 33.0 Å². The predicted molar refractivity (Wildman–Crippen MR) is 150 cm³/mol. The van der Waals surface area contributed by atoms with Crippen molar-refractivity contribution < 1.29 is 14.3 Å². The van der Waals surface area contributed by atoms with E-state index in [0.717, 1.165) is 28.6 Å².